The fourth-order valence-electron chi connectivity index (χ4n) is 4.12. The summed E-state index contributed by atoms with van der Waals surface area (Å²) < 4.78 is 4.02. The van der Waals surface area contributed by atoms with Crippen molar-refractivity contribution in [3.05, 3.63) is 83.3 Å². The minimum Gasteiger partial charge on any atom is -0.364 e. The van der Waals surface area contributed by atoms with Crippen LogP contribution in [0.15, 0.2) is 60.8 Å². The molecule has 0 unspecified atom stereocenters. The third kappa shape index (κ3) is 3.50. The lowest BCUT2D eigenvalue weighted by Gasteiger charge is -2.27. The number of benzene rings is 2. The number of nitrogens with zero attached hydrogens (tertiary/aromatic N) is 3. The highest BCUT2D eigenvalue weighted by atomic mass is 16.1. The minimum absolute atomic E-state index is 0.280. The molecule has 1 fully saturated rings. The number of hydrogen-bond acceptors (Lipinski definition) is 3. The number of aromatic nitrogens is 3. The molecule has 3 N–H and O–H groups in total. The Morgan fingerprint density at radius 3 is 2.53 bits per heavy atom. The summed E-state index contributed by atoms with van der Waals surface area (Å²) in [6.45, 7) is 5.03. The number of amides is 1. The fraction of sp³-hybridized carbons (Fsp3) is 0.250. The summed E-state index contributed by atoms with van der Waals surface area (Å²) in [5.74, 6) is 0.273. The number of nitrogens with one attached hydrogen (secondary N) is 1. The van der Waals surface area contributed by atoms with Crippen molar-refractivity contribution in [1.82, 2.24) is 19.7 Å². The van der Waals surface area contributed by atoms with Gasteiger partial charge in [0.05, 0.1) is 5.69 Å². The summed E-state index contributed by atoms with van der Waals surface area (Å²) in [6, 6.07) is 19.0. The molecule has 2 aromatic heterocycles. The molecule has 3 heterocycles. The van der Waals surface area contributed by atoms with Gasteiger partial charge in [0.1, 0.15) is 0 Å². The van der Waals surface area contributed by atoms with Crippen molar-refractivity contribution in [3.63, 3.8) is 0 Å². The van der Waals surface area contributed by atoms with E-state index in [0.717, 1.165) is 48.7 Å². The Bertz CT molecular complexity index is 1210. The molecule has 30 heavy (non-hydrogen) atoms. The molecule has 0 spiro atoms. The van der Waals surface area contributed by atoms with E-state index in [0.29, 0.717) is 0 Å². The average Bonchev–Trinajstić information content (AvgIpc) is 3.29. The average molecular weight is 399 g/mol. The Kier molecular flexibility index (Phi) is 4.64. The van der Waals surface area contributed by atoms with E-state index < -0.39 is 5.91 Å². The first kappa shape index (κ1) is 18.6. The molecule has 2 aromatic carbocycles. The lowest BCUT2D eigenvalue weighted by Crippen LogP contribution is -2.43. The van der Waals surface area contributed by atoms with Crippen molar-refractivity contribution in [2.45, 2.75) is 19.9 Å². The second kappa shape index (κ2) is 7.46. The van der Waals surface area contributed by atoms with Crippen LogP contribution in [0.3, 0.4) is 0 Å². The van der Waals surface area contributed by atoms with Gasteiger partial charge < -0.3 is 15.6 Å². The monoisotopic (exact) mass is 399 g/mol. The zero-order valence-corrected chi connectivity index (χ0v) is 17.0. The zero-order chi connectivity index (χ0) is 20.7. The van der Waals surface area contributed by atoms with Gasteiger partial charge >= 0.3 is 0 Å². The van der Waals surface area contributed by atoms with Crippen molar-refractivity contribution >= 4 is 16.8 Å². The highest BCUT2D eigenvalue weighted by Gasteiger charge is 2.16. The Balaban J connectivity index is 1.37. The number of carbonyl (C=O) groups excluding carboxylic acids is 1. The molecule has 0 saturated carbocycles. The van der Waals surface area contributed by atoms with E-state index in [1.165, 1.54) is 16.6 Å². The van der Waals surface area contributed by atoms with Crippen molar-refractivity contribution < 1.29 is 4.79 Å². The van der Waals surface area contributed by atoms with Crippen LogP contribution in [-0.4, -0.2) is 33.3 Å². The van der Waals surface area contributed by atoms with Crippen LogP contribution in [0.4, 0.5) is 0 Å². The van der Waals surface area contributed by atoms with Gasteiger partial charge in [-0.2, -0.15) is 5.10 Å². The standard InChI is InChI=1S/C24H25N5O/c1-16-10-22(24(25)30)27-29(16)21-6-7-23-20(12-21)8-9-28(23)15-18-4-2-17(3-5-18)11-19-13-26-14-19/h2-10,12,19,26H,11,13-15H2,1H3,(H2,25,30). The highest BCUT2D eigenvalue weighted by Crippen LogP contribution is 2.22. The SMILES string of the molecule is Cc1cc(C(N)=O)nn1-c1ccc2c(ccn2Cc2ccc(CC3CNC3)cc2)c1. The Morgan fingerprint density at radius 2 is 1.87 bits per heavy atom. The number of rotatable bonds is 6. The third-order valence-electron chi connectivity index (χ3n) is 5.91. The number of hydrogen-bond donors (Lipinski definition) is 2. The predicted octanol–water partition coefficient (Wildman–Crippen LogP) is 3.04. The first-order chi connectivity index (χ1) is 14.6. The molecule has 1 saturated heterocycles. The first-order valence-corrected chi connectivity index (χ1v) is 10.3. The maximum absolute atomic E-state index is 11.4. The van der Waals surface area contributed by atoms with E-state index in [1.807, 2.05) is 13.0 Å². The molecule has 0 bridgehead atoms. The van der Waals surface area contributed by atoms with Crippen LogP contribution in [0, 0.1) is 12.8 Å². The van der Waals surface area contributed by atoms with Crippen molar-refractivity contribution in [2.24, 2.45) is 11.7 Å². The molecular formula is C24H25N5O. The van der Waals surface area contributed by atoms with Crippen LogP contribution in [0.5, 0.6) is 0 Å². The lowest BCUT2D eigenvalue weighted by molar-refractivity contribution is 0.0995. The van der Waals surface area contributed by atoms with Crippen LogP contribution < -0.4 is 11.1 Å². The zero-order valence-electron chi connectivity index (χ0n) is 17.0. The van der Waals surface area contributed by atoms with Gasteiger partial charge in [-0.3, -0.25) is 4.79 Å². The Labute approximate surface area is 175 Å². The molecule has 0 aliphatic carbocycles. The van der Waals surface area contributed by atoms with E-state index in [9.17, 15) is 4.79 Å². The number of fused-ring (bicyclic) bond motifs is 1. The lowest BCUT2D eigenvalue weighted by atomic mass is 9.94. The summed E-state index contributed by atoms with van der Waals surface area (Å²) in [5.41, 5.74) is 11.3. The van der Waals surface area contributed by atoms with Gasteiger partial charge in [-0.1, -0.05) is 24.3 Å². The van der Waals surface area contributed by atoms with Crippen LogP contribution in [0.25, 0.3) is 16.6 Å². The molecule has 152 valence electrons. The smallest absolute Gasteiger partial charge is 0.269 e. The van der Waals surface area contributed by atoms with Gasteiger partial charge in [-0.25, -0.2) is 4.68 Å². The maximum atomic E-state index is 11.4. The normalized spacial score (nSPS) is 14.2. The minimum atomic E-state index is -0.514. The van der Waals surface area contributed by atoms with E-state index in [-0.39, 0.29) is 5.69 Å². The van der Waals surface area contributed by atoms with E-state index in [2.05, 4.69) is 63.6 Å². The Morgan fingerprint density at radius 1 is 1.10 bits per heavy atom. The van der Waals surface area contributed by atoms with E-state index in [4.69, 9.17) is 5.73 Å². The molecule has 6 heteroatoms. The molecule has 1 aliphatic heterocycles. The summed E-state index contributed by atoms with van der Waals surface area (Å²) in [4.78, 5) is 11.4. The number of nitrogens with two attached hydrogens (primary N) is 1. The molecule has 0 atom stereocenters. The molecule has 1 amide bonds. The van der Waals surface area contributed by atoms with Crippen LogP contribution in [0.1, 0.15) is 27.3 Å². The van der Waals surface area contributed by atoms with E-state index >= 15 is 0 Å². The quantitative estimate of drug-likeness (QED) is 0.523. The maximum Gasteiger partial charge on any atom is 0.269 e. The highest BCUT2D eigenvalue weighted by molar-refractivity contribution is 5.91. The molecule has 1 aliphatic rings. The number of carbonyl (C=O) groups is 1. The van der Waals surface area contributed by atoms with Gasteiger partial charge in [0.15, 0.2) is 5.69 Å². The topological polar surface area (TPSA) is 77.9 Å². The first-order valence-electron chi connectivity index (χ1n) is 10.3. The molecule has 0 radical (unpaired) electrons. The second-order valence-corrected chi connectivity index (χ2v) is 8.18. The van der Waals surface area contributed by atoms with Crippen LogP contribution in [-0.2, 0) is 13.0 Å². The number of aryl methyl sites for hydroxylation is 1. The Hall–Kier alpha value is -3.38. The number of primary amides is 1. The van der Waals surface area contributed by atoms with Gasteiger partial charge in [-0.15, -0.1) is 0 Å². The van der Waals surface area contributed by atoms with Gasteiger partial charge in [0.25, 0.3) is 5.91 Å². The largest absolute Gasteiger partial charge is 0.364 e. The summed E-state index contributed by atoms with van der Waals surface area (Å²) in [5, 5.41) is 8.80. The predicted molar refractivity (Wildman–Crippen MR) is 118 cm³/mol. The van der Waals surface area contributed by atoms with Gasteiger partial charge in [0, 0.05) is 29.3 Å². The molecule has 6 nitrogen and oxygen atoms in total. The third-order valence-corrected chi connectivity index (χ3v) is 5.91. The molecule has 4 aromatic rings. The van der Waals surface area contributed by atoms with Crippen molar-refractivity contribution in [3.8, 4) is 5.69 Å². The van der Waals surface area contributed by atoms with Crippen LogP contribution in [0.2, 0.25) is 0 Å². The summed E-state index contributed by atoms with van der Waals surface area (Å²) in [6.07, 6.45) is 3.28. The summed E-state index contributed by atoms with van der Waals surface area (Å²) in [7, 11) is 0. The van der Waals surface area contributed by atoms with Gasteiger partial charge in [0.2, 0.25) is 0 Å². The fourth-order valence-corrected chi connectivity index (χ4v) is 4.12. The van der Waals surface area contributed by atoms with Crippen molar-refractivity contribution in [1.29, 1.82) is 0 Å². The van der Waals surface area contributed by atoms with Gasteiger partial charge in [-0.05, 0) is 73.8 Å². The van der Waals surface area contributed by atoms with E-state index in [1.54, 1.807) is 10.7 Å². The molecule has 5 rings (SSSR count). The summed E-state index contributed by atoms with van der Waals surface area (Å²) >= 11 is 0. The molecular weight excluding hydrogens is 374 g/mol. The van der Waals surface area contributed by atoms with Crippen LogP contribution >= 0.6 is 0 Å². The second-order valence-electron chi connectivity index (χ2n) is 8.18. The van der Waals surface area contributed by atoms with Crippen molar-refractivity contribution in [2.75, 3.05) is 13.1 Å².